The largest absolute Gasteiger partial charge is 0.508 e. The van der Waals surface area contributed by atoms with Crippen LogP contribution in [0.15, 0.2) is 18.2 Å². The lowest BCUT2D eigenvalue weighted by Crippen LogP contribution is -2.45. The molecule has 0 saturated heterocycles. The number of carbonyl (C=O) groups excluding carboxylic acids is 1. The van der Waals surface area contributed by atoms with Gasteiger partial charge in [0, 0.05) is 6.54 Å². The third-order valence-electron chi connectivity index (χ3n) is 3.96. The minimum atomic E-state index is -0.903. The quantitative estimate of drug-likeness (QED) is 0.747. The van der Waals surface area contributed by atoms with Crippen molar-refractivity contribution in [1.29, 1.82) is 0 Å². The predicted octanol–water partition coefficient (Wildman–Crippen LogP) is 2.16. The van der Waals surface area contributed by atoms with Crippen LogP contribution in [-0.4, -0.2) is 28.3 Å². The van der Waals surface area contributed by atoms with Gasteiger partial charge in [-0.2, -0.15) is 0 Å². The number of aliphatic hydroxyl groups is 1. The van der Waals surface area contributed by atoms with E-state index in [0.717, 1.165) is 17.5 Å². The Hall–Kier alpha value is -1.55. The summed E-state index contributed by atoms with van der Waals surface area (Å²) >= 11 is 0. The molecule has 4 nitrogen and oxygen atoms in total. The van der Waals surface area contributed by atoms with E-state index in [4.69, 9.17) is 0 Å². The third-order valence-corrected chi connectivity index (χ3v) is 3.96. The number of rotatable bonds is 6. The summed E-state index contributed by atoms with van der Waals surface area (Å²) < 4.78 is 0. The average Bonchev–Trinajstić information content (AvgIpc) is 2.40. The van der Waals surface area contributed by atoms with Gasteiger partial charge in [-0.3, -0.25) is 4.79 Å². The summed E-state index contributed by atoms with van der Waals surface area (Å²) in [5.41, 5.74) is 0.641. The Morgan fingerprint density at radius 1 is 1.45 bits per heavy atom. The molecule has 0 aliphatic carbocycles. The van der Waals surface area contributed by atoms with Gasteiger partial charge in [0.05, 0.1) is 12.0 Å². The standard InChI is InChI=1S/C16H25NO3/c1-5-12(3)16(4,20)10-17-15(19)9-13-7-6-11(2)14(18)8-13/h6-8,12,18,20H,5,9-10H2,1-4H3,(H,17,19). The Labute approximate surface area is 120 Å². The molecule has 0 spiro atoms. The molecule has 1 amide bonds. The summed E-state index contributed by atoms with van der Waals surface area (Å²) in [6, 6.07) is 5.20. The van der Waals surface area contributed by atoms with Crippen LogP contribution in [0.4, 0.5) is 0 Å². The van der Waals surface area contributed by atoms with E-state index >= 15 is 0 Å². The van der Waals surface area contributed by atoms with Crippen LogP contribution in [0.1, 0.15) is 38.3 Å². The van der Waals surface area contributed by atoms with Crippen molar-refractivity contribution in [1.82, 2.24) is 5.32 Å². The lowest BCUT2D eigenvalue weighted by Gasteiger charge is -2.29. The Morgan fingerprint density at radius 3 is 2.65 bits per heavy atom. The number of hydrogen-bond acceptors (Lipinski definition) is 3. The van der Waals surface area contributed by atoms with Gasteiger partial charge in [0.15, 0.2) is 0 Å². The molecular weight excluding hydrogens is 254 g/mol. The van der Waals surface area contributed by atoms with Crippen molar-refractivity contribution in [3.8, 4) is 5.75 Å². The summed E-state index contributed by atoms with van der Waals surface area (Å²) in [4.78, 5) is 11.9. The first kappa shape index (κ1) is 16.5. The zero-order valence-corrected chi connectivity index (χ0v) is 12.7. The highest BCUT2D eigenvalue weighted by Crippen LogP contribution is 2.19. The molecule has 3 N–H and O–H groups in total. The molecule has 4 heteroatoms. The fourth-order valence-corrected chi connectivity index (χ4v) is 1.90. The van der Waals surface area contributed by atoms with Crippen molar-refractivity contribution < 1.29 is 15.0 Å². The van der Waals surface area contributed by atoms with Crippen LogP contribution in [-0.2, 0) is 11.2 Å². The SMILES string of the molecule is CCC(C)C(C)(O)CNC(=O)Cc1ccc(C)c(O)c1. The first-order valence-electron chi connectivity index (χ1n) is 7.03. The monoisotopic (exact) mass is 279 g/mol. The number of nitrogens with one attached hydrogen (secondary N) is 1. The maximum absolute atomic E-state index is 11.9. The van der Waals surface area contributed by atoms with Gasteiger partial charge in [-0.05, 0) is 37.0 Å². The topological polar surface area (TPSA) is 69.6 Å². The third kappa shape index (κ3) is 4.53. The lowest BCUT2D eigenvalue weighted by molar-refractivity contribution is -0.122. The summed E-state index contributed by atoms with van der Waals surface area (Å²) in [6.45, 7) is 7.75. The average molecular weight is 279 g/mol. The van der Waals surface area contributed by atoms with E-state index in [-0.39, 0.29) is 30.5 Å². The molecule has 0 fully saturated rings. The summed E-state index contributed by atoms with van der Waals surface area (Å²) in [5, 5.41) is 22.6. The van der Waals surface area contributed by atoms with Gasteiger partial charge in [0.25, 0.3) is 0 Å². The molecule has 0 bridgehead atoms. The second kappa shape index (κ2) is 6.75. The molecule has 0 aliphatic rings. The van der Waals surface area contributed by atoms with Crippen LogP contribution in [0.3, 0.4) is 0 Å². The van der Waals surface area contributed by atoms with Crippen LogP contribution in [0, 0.1) is 12.8 Å². The van der Waals surface area contributed by atoms with Gasteiger partial charge < -0.3 is 15.5 Å². The Morgan fingerprint density at radius 2 is 2.10 bits per heavy atom. The maximum Gasteiger partial charge on any atom is 0.224 e. The highest BCUT2D eigenvalue weighted by Gasteiger charge is 2.27. The molecular formula is C16H25NO3. The molecule has 1 aromatic carbocycles. The van der Waals surface area contributed by atoms with E-state index in [1.165, 1.54) is 0 Å². The zero-order chi connectivity index (χ0) is 15.3. The molecule has 20 heavy (non-hydrogen) atoms. The second-order valence-corrected chi connectivity index (χ2v) is 5.74. The molecule has 0 heterocycles. The van der Waals surface area contributed by atoms with Gasteiger partial charge in [-0.25, -0.2) is 0 Å². The molecule has 1 rings (SSSR count). The molecule has 2 unspecified atom stereocenters. The number of aromatic hydroxyl groups is 1. The molecule has 0 saturated carbocycles. The van der Waals surface area contributed by atoms with Crippen LogP contribution >= 0.6 is 0 Å². The Kier molecular flexibility index (Phi) is 5.57. The smallest absolute Gasteiger partial charge is 0.224 e. The minimum absolute atomic E-state index is 0.117. The fourth-order valence-electron chi connectivity index (χ4n) is 1.90. The van der Waals surface area contributed by atoms with E-state index < -0.39 is 5.60 Å². The van der Waals surface area contributed by atoms with E-state index in [0.29, 0.717) is 0 Å². The van der Waals surface area contributed by atoms with Gasteiger partial charge in [-0.1, -0.05) is 32.4 Å². The number of phenols is 1. The number of hydrogen-bond donors (Lipinski definition) is 3. The van der Waals surface area contributed by atoms with Crippen LogP contribution in [0.5, 0.6) is 5.75 Å². The van der Waals surface area contributed by atoms with Crippen molar-refractivity contribution in [3.63, 3.8) is 0 Å². The van der Waals surface area contributed by atoms with Crippen molar-refractivity contribution in [2.45, 2.75) is 46.1 Å². The molecule has 1 aromatic rings. The fraction of sp³-hybridized carbons (Fsp3) is 0.562. The molecule has 0 aliphatic heterocycles. The van der Waals surface area contributed by atoms with Crippen molar-refractivity contribution in [2.75, 3.05) is 6.54 Å². The first-order valence-corrected chi connectivity index (χ1v) is 7.03. The summed E-state index contributed by atoms with van der Waals surface area (Å²) in [6.07, 6.45) is 1.05. The molecule has 0 radical (unpaired) electrons. The number of amides is 1. The van der Waals surface area contributed by atoms with E-state index in [9.17, 15) is 15.0 Å². The van der Waals surface area contributed by atoms with Crippen molar-refractivity contribution >= 4 is 5.91 Å². The zero-order valence-electron chi connectivity index (χ0n) is 12.7. The van der Waals surface area contributed by atoms with Gasteiger partial charge in [-0.15, -0.1) is 0 Å². The Bertz CT molecular complexity index is 469. The van der Waals surface area contributed by atoms with E-state index in [2.05, 4.69) is 5.32 Å². The van der Waals surface area contributed by atoms with Crippen LogP contribution < -0.4 is 5.32 Å². The summed E-state index contributed by atoms with van der Waals surface area (Å²) in [7, 11) is 0. The number of phenolic OH excluding ortho intramolecular Hbond substituents is 1. The second-order valence-electron chi connectivity index (χ2n) is 5.74. The van der Waals surface area contributed by atoms with Gasteiger partial charge in [0.2, 0.25) is 5.91 Å². The van der Waals surface area contributed by atoms with Crippen molar-refractivity contribution in [3.05, 3.63) is 29.3 Å². The van der Waals surface area contributed by atoms with E-state index in [1.807, 2.05) is 26.8 Å². The highest BCUT2D eigenvalue weighted by atomic mass is 16.3. The molecule has 0 aromatic heterocycles. The number of benzene rings is 1. The molecule has 2 atom stereocenters. The van der Waals surface area contributed by atoms with Gasteiger partial charge >= 0.3 is 0 Å². The Balaban J connectivity index is 2.54. The number of carbonyl (C=O) groups is 1. The van der Waals surface area contributed by atoms with Crippen LogP contribution in [0.2, 0.25) is 0 Å². The van der Waals surface area contributed by atoms with Crippen LogP contribution in [0.25, 0.3) is 0 Å². The van der Waals surface area contributed by atoms with E-state index in [1.54, 1.807) is 19.1 Å². The first-order chi connectivity index (χ1) is 9.26. The summed E-state index contributed by atoms with van der Waals surface area (Å²) in [5.74, 6) is 0.157. The van der Waals surface area contributed by atoms with Gasteiger partial charge in [0.1, 0.15) is 5.75 Å². The van der Waals surface area contributed by atoms with Crippen molar-refractivity contribution in [2.24, 2.45) is 5.92 Å². The molecule has 112 valence electrons. The maximum atomic E-state index is 11.9. The normalized spacial score (nSPS) is 15.4. The lowest BCUT2D eigenvalue weighted by atomic mass is 9.88. The number of aryl methyl sites for hydroxylation is 1. The highest BCUT2D eigenvalue weighted by molar-refractivity contribution is 5.78. The predicted molar refractivity (Wildman–Crippen MR) is 79.6 cm³/mol. The minimum Gasteiger partial charge on any atom is -0.508 e.